The van der Waals surface area contributed by atoms with E-state index in [0.29, 0.717) is 6.61 Å². The minimum absolute atomic E-state index is 0. The van der Waals surface area contributed by atoms with E-state index in [1.54, 1.807) is 6.07 Å². The Morgan fingerprint density at radius 2 is 1.38 bits per heavy atom. The molecule has 132 valence electrons. The fourth-order valence-corrected chi connectivity index (χ4v) is 3.17. The molecule has 0 bridgehead atoms. The van der Waals surface area contributed by atoms with Gasteiger partial charge in [-0.1, -0.05) is 76.8 Å². The predicted molar refractivity (Wildman–Crippen MR) is 91.7 cm³/mol. The summed E-state index contributed by atoms with van der Waals surface area (Å²) in [5.41, 5.74) is 0. The normalized spacial score (nSPS) is 11.1. The summed E-state index contributed by atoms with van der Waals surface area (Å²) in [6, 6.07) is 6.01. The first kappa shape index (κ1) is 23.9. The van der Waals surface area contributed by atoms with E-state index in [-0.39, 0.29) is 40.2 Å². The van der Waals surface area contributed by atoms with Crippen molar-refractivity contribution >= 4 is 10.1 Å². The zero-order valence-electron chi connectivity index (χ0n) is 15.1. The number of para-hydroxylation sites is 1. The van der Waals surface area contributed by atoms with E-state index in [1.807, 2.05) is 0 Å². The van der Waals surface area contributed by atoms with Gasteiger partial charge >= 0.3 is 29.6 Å². The molecule has 1 rings (SSSR count). The summed E-state index contributed by atoms with van der Waals surface area (Å²) in [4.78, 5) is -0.271. The van der Waals surface area contributed by atoms with Gasteiger partial charge in [0, 0.05) is 0 Å². The Hall–Kier alpha value is -0.0700. The number of hydrogen-bond donors (Lipinski definition) is 0. The van der Waals surface area contributed by atoms with E-state index in [1.165, 1.54) is 69.6 Å². The van der Waals surface area contributed by atoms with E-state index in [2.05, 4.69) is 6.92 Å². The van der Waals surface area contributed by atoms with Crippen LogP contribution in [0, 0.1) is 0 Å². The van der Waals surface area contributed by atoms with Crippen LogP contribution in [0.25, 0.3) is 0 Å². The molecule has 0 amide bonds. The fourth-order valence-electron chi connectivity index (χ4n) is 2.55. The van der Waals surface area contributed by atoms with E-state index in [0.717, 1.165) is 12.8 Å². The van der Waals surface area contributed by atoms with E-state index < -0.39 is 10.1 Å². The third kappa shape index (κ3) is 10.7. The van der Waals surface area contributed by atoms with Crippen LogP contribution in [0.4, 0.5) is 0 Å². The number of hydrogen-bond acceptors (Lipinski definition) is 4. The van der Waals surface area contributed by atoms with Crippen molar-refractivity contribution in [3.63, 3.8) is 0 Å². The molecule has 0 aliphatic carbocycles. The Bertz CT molecular complexity index is 532. The summed E-state index contributed by atoms with van der Waals surface area (Å²) in [6.07, 6.45) is 12.3. The van der Waals surface area contributed by atoms with Gasteiger partial charge in [-0.2, -0.15) is 0 Å². The number of rotatable bonds is 13. The minimum Gasteiger partial charge on any atom is -0.744 e. The Kier molecular flexibility index (Phi) is 14.1. The summed E-state index contributed by atoms with van der Waals surface area (Å²) in [5, 5.41) is 0. The van der Waals surface area contributed by atoms with Crippen LogP contribution < -0.4 is 34.3 Å². The van der Waals surface area contributed by atoms with Crippen LogP contribution in [-0.4, -0.2) is 19.6 Å². The Morgan fingerprint density at radius 1 is 0.875 bits per heavy atom. The van der Waals surface area contributed by atoms with E-state index in [9.17, 15) is 13.0 Å². The first-order valence-electron chi connectivity index (χ1n) is 8.73. The molecule has 1 aromatic rings. The van der Waals surface area contributed by atoms with Crippen LogP contribution in [0.5, 0.6) is 5.75 Å². The van der Waals surface area contributed by atoms with Gasteiger partial charge in [0.2, 0.25) is 0 Å². The van der Waals surface area contributed by atoms with Crippen LogP contribution in [-0.2, 0) is 10.1 Å². The second-order valence-electron chi connectivity index (χ2n) is 5.93. The van der Waals surface area contributed by atoms with Crippen molar-refractivity contribution in [2.24, 2.45) is 0 Å². The SMILES string of the molecule is CCCCCCCCCCCCOc1ccccc1S(=O)(=O)[O-].[Na+]. The van der Waals surface area contributed by atoms with Gasteiger partial charge in [-0.3, -0.25) is 0 Å². The zero-order chi connectivity index (χ0) is 17.0. The van der Waals surface area contributed by atoms with Crippen LogP contribution in [0.1, 0.15) is 71.1 Å². The van der Waals surface area contributed by atoms with Crippen molar-refractivity contribution in [1.82, 2.24) is 0 Å². The summed E-state index contributed by atoms with van der Waals surface area (Å²) >= 11 is 0. The monoisotopic (exact) mass is 364 g/mol. The van der Waals surface area contributed by atoms with Gasteiger partial charge in [0.05, 0.1) is 11.5 Å². The molecule has 0 aliphatic rings. The molecule has 0 saturated carbocycles. The van der Waals surface area contributed by atoms with Gasteiger partial charge < -0.3 is 9.29 Å². The largest absolute Gasteiger partial charge is 1.00 e. The molecule has 0 atom stereocenters. The summed E-state index contributed by atoms with van der Waals surface area (Å²) in [5.74, 6) is 0.165. The molecule has 6 heteroatoms. The summed E-state index contributed by atoms with van der Waals surface area (Å²) in [6.45, 7) is 2.68. The van der Waals surface area contributed by atoms with Crippen LogP contribution in [0.3, 0.4) is 0 Å². The van der Waals surface area contributed by atoms with Gasteiger partial charge in [-0.05, 0) is 18.6 Å². The maximum atomic E-state index is 11.1. The molecule has 0 saturated heterocycles. The molecular weight excluding hydrogens is 335 g/mol. The molecule has 1 aromatic carbocycles. The third-order valence-corrected chi connectivity index (χ3v) is 4.75. The van der Waals surface area contributed by atoms with Gasteiger partial charge in [0.15, 0.2) is 0 Å². The first-order chi connectivity index (χ1) is 11.1. The summed E-state index contributed by atoms with van der Waals surface area (Å²) in [7, 11) is -4.47. The second-order valence-corrected chi connectivity index (χ2v) is 7.28. The maximum Gasteiger partial charge on any atom is 1.00 e. The predicted octanol–water partition coefficient (Wildman–Crippen LogP) is 1.89. The molecule has 4 nitrogen and oxygen atoms in total. The molecular formula is C18H29NaO4S. The second kappa shape index (κ2) is 14.1. The zero-order valence-corrected chi connectivity index (χ0v) is 17.9. The number of benzene rings is 1. The van der Waals surface area contributed by atoms with E-state index >= 15 is 0 Å². The standard InChI is InChI=1S/C18H30O4S.Na/c1-2-3-4-5-6-7-8-9-10-13-16-22-17-14-11-12-15-18(17)23(19,20)21;/h11-12,14-15H,2-10,13,16H2,1H3,(H,19,20,21);/q;+1/p-1. The maximum absolute atomic E-state index is 11.1. The Morgan fingerprint density at radius 3 is 1.92 bits per heavy atom. The number of unbranched alkanes of at least 4 members (excludes halogenated alkanes) is 9. The quantitative estimate of drug-likeness (QED) is 0.305. The molecule has 0 spiro atoms. The van der Waals surface area contributed by atoms with Gasteiger partial charge in [-0.25, -0.2) is 8.42 Å². The minimum atomic E-state index is -4.47. The van der Waals surface area contributed by atoms with Gasteiger partial charge in [0.1, 0.15) is 15.9 Å². The van der Waals surface area contributed by atoms with Crippen molar-refractivity contribution in [3.05, 3.63) is 24.3 Å². The Balaban J connectivity index is 0.00000529. The van der Waals surface area contributed by atoms with Gasteiger partial charge in [0.25, 0.3) is 0 Å². The smallest absolute Gasteiger partial charge is 0.744 e. The molecule has 0 aromatic heterocycles. The van der Waals surface area contributed by atoms with Gasteiger partial charge in [-0.15, -0.1) is 0 Å². The molecule has 0 fully saturated rings. The van der Waals surface area contributed by atoms with Crippen molar-refractivity contribution in [3.8, 4) is 5.75 Å². The Labute approximate surface area is 169 Å². The number of ether oxygens (including phenoxy) is 1. The van der Waals surface area contributed by atoms with E-state index in [4.69, 9.17) is 4.74 Å². The summed E-state index contributed by atoms with van der Waals surface area (Å²) < 4.78 is 38.8. The van der Waals surface area contributed by atoms with Crippen molar-refractivity contribution in [2.45, 2.75) is 76.0 Å². The third-order valence-electron chi connectivity index (χ3n) is 3.87. The first-order valence-corrected chi connectivity index (χ1v) is 10.1. The molecule has 0 heterocycles. The molecule has 0 N–H and O–H groups in total. The molecule has 0 unspecified atom stereocenters. The van der Waals surface area contributed by atoms with Crippen LogP contribution in [0.2, 0.25) is 0 Å². The fraction of sp³-hybridized carbons (Fsp3) is 0.667. The van der Waals surface area contributed by atoms with Crippen molar-refractivity contribution in [2.75, 3.05) is 6.61 Å². The van der Waals surface area contributed by atoms with Crippen molar-refractivity contribution < 1.29 is 47.3 Å². The van der Waals surface area contributed by atoms with Crippen LogP contribution in [0.15, 0.2) is 29.2 Å². The molecule has 24 heavy (non-hydrogen) atoms. The van der Waals surface area contributed by atoms with Crippen LogP contribution >= 0.6 is 0 Å². The topological polar surface area (TPSA) is 66.4 Å². The molecule has 0 aliphatic heterocycles. The molecule has 0 radical (unpaired) electrons. The average molecular weight is 364 g/mol. The van der Waals surface area contributed by atoms with Crippen molar-refractivity contribution in [1.29, 1.82) is 0 Å². The average Bonchev–Trinajstić information content (AvgIpc) is 2.52.